The fourth-order valence-corrected chi connectivity index (χ4v) is 5.36. The van der Waals surface area contributed by atoms with Gasteiger partial charge in [0.15, 0.2) is 5.82 Å². The van der Waals surface area contributed by atoms with Crippen molar-refractivity contribution in [3.8, 4) is 0 Å². The Kier molecular flexibility index (Phi) is 2.50. The summed E-state index contributed by atoms with van der Waals surface area (Å²) in [7, 11) is 0. The maximum atomic E-state index is 6.48. The number of rotatable bonds is 3. The van der Waals surface area contributed by atoms with Gasteiger partial charge in [-0.25, -0.2) is 0 Å². The summed E-state index contributed by atoms with van der Waals surface area (Å²) in [6.45, 7) is 2.06. The van der Waals surface area contributed by atoms with Gasteiger partial charge in [0, 0.05) is 0 Å². The third-order valence-electron chi connectivity index (χ3n) is 5.94. The van der Waals surface area contributed by atoms with Crippen LogP contribution in [-0.2, 0) is 5.54 Å². The van der Waals surface area contributed by atoms with Gasteiger partial charge in [0.2, 0.25) is 0 Å². The summed E-state index contributed by atoms with van der Waals surface area (Å²) in [5.41, 5.74) is 6.04. The van der Waals surface area contributed by atoms with Gasteiger partial charge in [-0.05, 0) is 75.0 Å². The Hall–Kier alpha value is -0.970. The molecule has 5 rings (SSSR count). The van der Waals surface area contributed by atoms with E-state index < -0.39 is 5.54 Å². The number of hydrogen-bond acceptors (Lipinski definition) is 4. The molecule has 104 valence electrons. The van der Waals surface area contributed by atoms with E-state index in [0.29, 0.717) is 5.82 Å². The lowest BCUT2D eigenvalue weighted by molar-refractivity contribution is -0.0477. The summed E-state index contributed by atoms with van der Waals surface area (Å²) in [6.07, 6.45) is 8.30. The molecule has 0 radical (unpaired) electrons. The highest BCUT2D eigenvalue weighted by Crippen LogP contribution is 2.58. The van der Waals surface area contributed by atoms with Crippen LogP contribution in [0.5, 0.6) is 0 Å². The van der Waals surface area contributed by atoms with Gasteiger partial charge in [0.1, 0.15) is 0 Å². The van der Waals surface area contributed by atoms with Crippen molar-refractivity contribution in [3.05, 3.63) is 5.82 Å². The second-order valence-corrected chi connectivity index (χ2v) is 7.45. The molecule has 5 heteroatoms. The Bertz CT molecular complexity index is 424. The van der Waals surface area contributed by atoms with E-state index in [-0.39, 0.29) is 0 Å². The zero-order chi connectivity index (χ0) is 13.0. The van der Waals surface area contributed by atoms with Gasteiger partial charge in [-0.2, -0.15) is 5.21 Å². The molecule has 0 saturated heterocycles. The topological polar surface area (TPSA) is 80.5 Å². The lowest BCUT2D eigenvalue weighted by atomic mass is 9.50. The predicted octanol–water partition coefficient (Wildman–Crippen LogP) is 1.84. The van der Waals surface area contributed by atoms with E-state index in [0.717, 1.165) is 36.0 Å². The highest BCUT2D eigenvalue weighted by molar-refractivity contribution is 5.04. The Morgan fingerprint density at radius 2 is 1.79 bits per heavy atom. The van der Waals surface area contributed by atoms with Crippen molar-refractivity contribution in [3.63, 3.8) is 0 Å². The number of nitrogens with two attached hydrogens (primary N) is 1. The van der Waals surface area contributed by atoms with Crippen LogP contribution in [0.2, 0.25) is 0 Å². The van der Waals surface area contributed by atoms with Gasteiger partial charge < -0.3 is 5.73 Å². The molecular formula is C14H23N5. The minimum absolute atomic E-state index is 0.437. The molecule has 1 heterocycles. The van der Waals surface area contributed by atoms with Crippen molar-refractivity contribution >= 4 is 0 Å². The molecule has 0 aliphatic heterocycles. The summed E-state index contributed by atoms with van der Waals surface area (Å²) < 4.78 is 0. The third kappa shape index (κ3) is 1.90. The van der Waals surface area contributed by atoms with E-state index in [1.807, 2.05) is 0 Å². The molecule has 5 nitrogen and oxygen atoms in total. The Morgan fingerprint density at radius 1 is 1.16 bits per heavy atom. The SMILES string of the molecule is CC(N)(CC1C2CC3CC(C2)CC1C3)c1nn[nH]n1. The zero-order valence-electron chi connectivity index (χ0n) is 11.5. The Morgan fingerprint density at radius 3 is 2.32 bits per heavy atom. The van der Waals surface area contributed by atoms with Gasteiger partial charge in [-0.15, -0.1) is 10.2 Å². The van der Waals surface area contributed by atoms with E-state index >= 15 is 0 Å². The Balaban J connectivity index is 1.54. The average molecular weight is 261 g/mol. The first kappa shape index (κ1) is 11.8. The summed E-state index contributed by atoms with van der Waals surface area (Å²) in [5, 5.41) is 14.4. The van der Waals surface area contributed by atoms with Crippen LogP contribution in [0.1, 0.15) is 51.3 Å². The number of hydrogen-bond donors (Lipinski definition) is 2. The molecule has 4 bridgehead atoms. The molecule has 4 saturated carbocycles. The molecule has 0 aromatic carbocycles. The van der Waals surface area contributed by atoms with Crippen molar-refractivity contribution < 1.29 is 0 Å². The largest absolute Gasteiger partial charge is 0.319 e. The van der Waals surface area contributed by atoms with Crippen molar-refractivity contribution in [2.24, 2.45) is 35.3 Å². The second-order valence-electron chi connectivity index (χ2n) is 7.45. The van der Waals surface area contributed by atoms with Crippen molar-refractivity contribution in [1.29, 1.82) is 0 Å². The molecular weight excluding hydrogens is 238 g/mol. The lowest BCUT2D eigenvalue weighted by Crippen LogP contribution is -2.49. The quantitative estimate of drug-likeness (QED) is 0.870. The first-order valence-electron chi connectivity index (χ1n) is 7.64. The monoisotopic (exact) mass is 261 g/mol. The van der Waals surface area contributed by atoms with Crippen LogP contribution in [0, 0.1) is 29.6 Å². The minimum atomic E-state index is -0.437. The van der Waals surface area contributed by atoms with Gasteiger partial charge in [0.25, 0.3) is 0 Å². The molecule has 4 aliphatic rings. The molecule has 1 unspecified atom stereocenters. The van der Waals surface area contributed by atoms with Gasteiger partial charge >= 0.3 is 0 Å². The standard InChI is InChI=1S/C14H23N5/c1-14(15,13-16-18-19-17-13)7-12-10-3-8-2-9(5-10)6-11(12)4-8/h8-12H,2-7,15H2,1H3,(H,16,17,18,19). The van der Waals surface area contributed by atoms with E-state index in [2.05, 4.69) is 27.5 Å². The molecule has 4 fully saturated rings. The van der Waals surface area contributed by atoms with Gasteiger partial charge in [-0.1, -0.05) is 5.21 Å². The average Bonchev–Trinajstić information content (AvgIpc) is 2.87. The maximum Gasteiger partial charge on any atom is 0.194 e. The van der Waals surface area contributed by atoms with Gasteiger partial charge in [0.05, 0.1) is 5.54 Å². The molecule has 3 N–H and O–H groups in total. The van der Waals surface area contributed by atoms with E-state index in [9.17, 15) is 0 Å². The predicted molar refractivity (Wildman–Crippen MR) is 70.9 cm³/mol. The number of aromatic amines is 1. The highest BCUT2D eigenvalue weighted by Gasteiger charge is 2.49. The van der Waals surface area contributed by atoms with Crippen LogP contribution in [0.4, 0.5) is 0 Å². The summed E-state index contributed by atoms with van der Waals surface area (Å²) in [5.74, 6) is 5.31. The lowest BCUT2D eigenvalue weighted by Gasteiger charge is -2.55. The number of H-pyrrole nitrogens is 1. The molecule has 1 aromatic heterocycles. The summed E-state index contributed by atoms with van der Waals surface area (Å²) >= 11 is 0. The van der Waals surface area contributed by atoms with Crippen LogP contribution in [-0.4, -0.2) is 20.6 Å². The number of aromatic nitrogens is 4. The molecule has 1 aromatic rings. The zero-order valence-corrected chi connectivity index (χ0v) is 11.5. The fourth-order valence-electron chi connectivity index (χ4n) is 5.36. The van der Waals surface area contributed by atoms with Crippen molar-refractivity contribution in [2.75, 3.05) is 0 Å². The first-order chi connectivity index (χ1) is 9.12. The molecule has 0 spiro atoms. The van der Waals surface area contributed by atoms with Crippen LogP contribution in [0.25, 0.3) is 0 Å². The van der Waals surface area contributed by atoms with Crippen LogP contribution in [0.3, 0.4) is 0 Å². The summed E-state index contributed by atoms with van der Waals surface area (Å²) in [6, 6.07) is 0. The third-order valence-corrected chi connectivity index (χ3v) is 5.94. The minimum Gasteiger partial charge on any atom is -0.319 e. The second kappa shape index (κ2) is 4.01. The number of nitrogens with zero attached hydrogens (tertiary/aromatic N) is 3. The van der Waals surface area contributed by atoms with Crippen LogP contribution >= 0.6 is 0 Å². The van der Waals surface area contributed by atoms with E-state index in [4.69, 9.17) is 5.73 Å². The Labute approximate surface area is 113 Å². The van der Waals surface area contributed by atoms with E-state index in [1.54, 1.807) is 0 Å². The highest BCUT2D eigenvalue weighted by atomic mass is 15.5. The van der Waals surface area contributed by atoms with Crippen molar-refractivity contribution in [1.82, 2.24) is 20.6 Å². The van der Waals surface area contributed by atoms with Crippen molar-refractivity contribution in [2.45, 2.75) is 51.0 Å². The maximum absolute atomic E-state index is 6.48. The molecule has 4 aliphatic carbocycles. The number of nitrogens with one attached hydrogen (secondary N) is 1. The van der Waals surface area contributed by atoms with E-state index in [1.165, 1.54) is 32.1 Å². The number of tetrazole rings is 1. The fraction of sp³-hybridized carbons (Fsp3) is 0.929. The molecule has 1 atom stereocenters. The summed E-state index contributed by atoms with van der Waals surface area (Å²) in [4.78, 5) is 0. The normalized spacial score (nSPS) is 43.4. The first-order valence-corrected chi connectivity index (χ1v) is 7.64. The van der Waals surface area contributed by atoms with Gasteiger partial charge in [-0.3, -0.25) is 0 Å². The molecule has 19 heavy (non-hydrogen) atoms. The van der Waals surface area contributed by atoms with Crippen LogP contribution < -0.4 is 5.73 Å². The molecule has 0 amide bonds. The smallest absolute Gasteiger partial charge is 0.194 e. The van der Waals surface area contributed by atoms with Crippen LogP contribution in [0.15, 0.2) is 0 Å².